The summed E-state index contributed by atoms with van der Waals surface area (Å²) >= 11 is 0. The Labute approximate surface area is 345 Å². The normalized spacial score (nSPS) is 12.0. The van der Waals surface area contributed by atoms with E-state index < -0.39 is 0 Å². The van der Waals surface area contributed by atoms with Crippen LogP contribution >= 0.6 is 0 Å². The van der Waals surface area contributed by atoms with Crippen molar-refractivity contribution in [1.29, 1.82) is 0 Å². The van der Waals surface area contributed by atoms with Crippen LogP contribution in [0, 0.1) is 19.1 Å². The van der Waals surface area contributed by atoms with Crippen LogP contribution in [0.2, 0.25) is 0 Å². The SMILES string of the molecule is Cc1nn(-c2[c-]c(Oc3[c-]c4c(cc3)c3cc(-c5ccccc5)ccc3n4-c3cc(C(C)(C)C)ccn3)cc(C(C)(C)C)c2)c(C(C)C)c1-c1ccccc1.[Pt+2]. The molecular formula is C50H48N4OPt. The molecule has 3 heterocycles. The van der Waals surface area contributed by atoms with Crippen LogP contribution in [0.3, 0.4) is 0 Å². The molecule has 0 saturated heterocycles. The number of nitrogens with zero attached hydrogens (tertiary/aromatic N) is 4. The third-order valence-electron chi connectivity index (χ3n) is 10.4. The van der Waals surface area contributed by atoms with Crippen LogP contribution in [-0.2, 0) is 31.9 Å². The smallest absolute Gasteiger partial charge is 0.509 e. The summed E-state index contributed by atoms with van der Waals surface area (Å²) in [7, 11) is 0. The van der Waals surface area contributed by atoms with Gasteiger partial charge in [0.05, 0.1) is 11.4 Å². The largest absolute Gasteiger partial charge is 2.00 e. The van der Waals surface area contributed by atoms with Crippen LogP contribution in [0.15, 0.2) is 121 Å². The van der Waals surface area contributed by atoms with E-state index >= 15 is 0 Å². The molecule has 0 unspecified atom stereocenters. The van der Waals surface area contributed by atoms with Crippen molar-refractivity contribution in [2.75, 3.05) is 0 Å². The van der Waals surface area contributed by atoms with Gasteiger partial charge in [0.15, 0.2) is 0 Å². The standard InChI is InChI=1S/C50H48N4O.Pt/c1-32(2)48-47(35-18-14-11-15-19-35)33(3)52-54(48)39-27-38(50(7,8)9)28-41(30-39)55-40-21-22-42-43-26-36(34-16-12-10-13-17-34)20-23-44(43)53(45(42)31-40)46-29-37(24-25-51-46)49(4,5)6;/h10-29,32H,1-9H3;/q-2;+2. The second-order valence-corrected chi connectivity index (χ2v) is 16.9. The van der Waals surface area contributed by atoms with Crippen LogP contribution in [0.25, 0.3) is 55.6 Å². The van der Waals surface area contributed by atoms with Gasteiger partial charge in [-0.1, -0.05) is 134 Å². The molecule has 8 rings (SSSR count). The van der Waals surface area contributed by atoms with Crippen molar-refractivity contribution < 1.29 is 25.8 Å². The zero-order valence-corrected chi connectivity index (χ0v) is 35.9. The van der Waals surface area contributed by atoms with Crippen LogP contribution in [0.1, 0.15) is 83.8 Å². The van der Waals surface area contributed by atoms with E-state index in [4.69, 9.17) is 14.8 Å². The Morgan fingerprint density at radius 2 is 1.32 bits per heavy atom. The number of fused-ring (bicyclic) bond motifs is 3. The number of ether oxygens (including phenoxy) is 1. The van der Waals surface area contributed by atoms with E-state index in [-0.39, 0.29) is 37.8 Å². The molecule has 0 fully saturated rings. The maximum absolute atomic E-state index is 6.78. The Balaban J connectivity index is 0.00000480. The van der Waals surface area contributed by atoms with Gasteiger partial charge in [-0.2, -0.15) is 11.2 Å². The predicted molar refractivity (Wildman–Crippen MR) is 227 cm³/mol. The minimum absolute atomic E-state index is 0. The summed E-state index contributed by atoms with van der Waals surface area (Å²) in [5.74, 6) is 2.29. The molecule has 0 amide bonds. The molecule has 8 aromatic rings. The molecule has 0 aliphatic rings. The Kier molecular flexibility index (Phi) is 10.5. The average molecular weight is 916 g/mol. The Morgan fingerprint density at radius 1 is 0.643 bits per heavy atom. The van der Waals surface area contributed by atoms with Crippen LogP contribution in [-0.4, -0.2) is 19.3 Å². The van der Waals surface area contributed by atoms with E-state index in [1.807, 2.05) is 12.3 Å². The van der Waals surface area contributed by atoms with Gasteiger partial charge in [-0.15, -0.1) is 41.3 Å². The fourth-order valence-electron chi connectivity index (χ4n) is 7.51. The fraction of sp³-hybridized carbons (Fsp3) is 0.240. The van der Waals surface area contributed by atoms with Crippen LogP contribution in [0.5, 0.6) is 11.5 Å². The van der Waals surface area contributed by atoms with Gasteiger partial charge >= 0.3 is 21.1 Å². The minimum Gasteiger partial charge on any atom is -0.509 e. The van der Waals surface area contributed by atoms with Crippen molar-refractivity contribution in [3.63, 3.8) is 0 Å². The van der Waals surface area contributed by atoms with Gasteiger partial charge in [-0.25, -0.2) is 4.98 Å². The van der Waals surface area contributed by atoms with Gasteiger partial charge in [-0.05, 0) is 75.2 Å². The first-order chi connectivity index (χ1) is 26.3. The van der Waals surface area contributed by atoms with Gasteiger partial charge in [0.25, 0.3) is 0 Å². The van der Waals surface area contributed by atoms with E-state index in [0.29, 0.717) is 11.5 Å². The monoisotopic (exact) mass is 915 g/mol. The number of rotatable bonds is 7. The van der Waals surface area contributed by atoms with Crippen molar-refractivity contribution >= 4 is 21.8 Å². The van der Waals surface area contributed by atoms with Crippen molar-refractivity contribution in [2.24, 2.45) is 0 Å². The second-order valence-electron chi connectivity index (χ2n) is 16.9. The zero-order valence-electron chi connectivity index (χ0n) is 33.6. The summed E-state index contributed by atoms with van der Waals surface area (Å²) in [5.41, 5.74) is 11.8. The summed E-state index contributed by atoms with van der Waals surface area (Å²) in [6.45, 7) is 19.9. The molecule has 0 spiro atoms. The molecule has 0 N–H and O–H groups in total. The third-order valence-corrected chi connectivity index (χ3v) is 10.4. The van der Waals surface area contributed by atoms with E-state index in [1.54, 1.807) is 0 Å². The molecule has 0 radical (unpaired) electrons. The van der Waals surface area contributed by atoms with Gasteiger partial charge in [0.2, 0.25) is 0 Å². The van der Waals surface area contributed by atoms with Gasteiger partial charge in [0, 0.05) is 28.8 Å². The third kappa shape index (κ3) is 7.38. The molecule has 56 heavy (non-hydrogen) atoms. The first-order valence-corrected chi connectivity index (χ1v) is 19.2. The molecule has 0 aliphatic carbocycles. The molecule has 5 aromatic carbocycles. The first-order valence-electron chi connectivity index (χ1n) is 19.2. The molecule has 0 aliphatic heterocycles. The molecule has 0 saturated carbocycles. The first kappa shape index (κ1) is 39.0. The minimum atomic E-state index is -0.148. The quantitative estimate of drug-likeness (QED) is 0.150. The predicted octanol–water partition coefficient (Wildman–Crippen LogP) is 13.1. The number of pyridine rings is 1. The molecule has 5 nitrogen and oxygen atoms in total. The molecular weight excluding hydrogens is 868 g/mol. The van der Waals surface area contributed by atoms with Gasteiger partial charge < -0.3 is 9.30 Å². The summed E-state index contributed by atoms with van der Waals surface area (Å²) in [6, 6.07) is 47.8. The van der Waals surface area contributed by atoms with E-state index in [0.717, 1.165) is 61.4 Å². The second kappa shape index (κ2) is 15.0. The van der Waals surface area contributed by atoms with Crippen molar-refractivity contribution in [1.82, 2.24) is 19.3 Å². The fourth-order valence-corrected chi connectivity index (χ4v) is 7.51. The summed E-state index contributed by atoms with van der Waals surface area (Å²) in [4.78, 5) is 4.91. The number of aryl methyl sites for hydroxylation is 1. The average Bonchev–Trinajstić information content (AvgIpc) is 3.69. The van der Waals surface area contributed by atoms with E-state index in [9.17, 15) is 0 Å². The van der Waals surface area contributed by atoms with Crippen molar-refractivity contribution in [3.05, 3.63) is 156 Å². The topological polar surface area (TPSA) is 44.9 Å². The van der Waals surface area contributed by atoms with Crippen molar-refractivity contribution in [3.8, 4) is 45.3 Å². The Morgan fingerprint density at radius 3 is 1.98 bits per heavy atom. The maximum Gasteiger partial charge on any atom is 2.00 e. The molecule has 0 atom stereocenters. The summed E-state index contributed by atoms with van der Waals surface area (Å²) in [5, 5.41) is 7.34. The number of hydrogen-bond donors (Lipinski definition) is 0. The number of hydrogen-bond acceptors (Lipinski definition) is 3. The van der Waals surface area contributed by atoms with Gasteiger partial charge in [-0.3, -0.25) is 4.68 Å². The molecule has 6 heteroatoms. The Hall–Kier alpha value is -5.25. The van der Waals surface area contributed by atoms with E-state index in [1.165, 1.54) is 16.7 Å². The summed E-state index contributed by atoms with van der Waals surface area (Å²) < 4.78 is 11.1. The molecule has 3 aromatic heterocycles. The van der Waals surface area contributed by atoms with Crippen LogP contribution < -0.4 is 4.74 Å². The number of aromatic nitrogens is 4. The maximum atomic E-state index is 6.78. The Bertz CT molecular complexity index is 2680. The molecule has 0 bridgehead atoms. The van der Waals surface area contributed by atoms with Crippen molar-refractivity contribution in [2.45, 2.75) is 79.1 Å². The van der Waals surface area contributed by atoms with Gasteiger partial charge in [0.1, 0.15) is 5.82 Å². The van der Waals surface area contributed by atoms with E-state index in [2.05, 4.69) is 193 Å². The van der Waals surface area contributed by atoms with Crippen LogP contribution in [0.4, 0.5) is 0 Å². The molecule has 284 valence electrons. The summed E-state index contributed by atoms with van der Waals surface area (Å²) in [6.07, 6.45) is 1.91. The number of benzene rings is 5. The zero-order chi connectivity index (χ0) is 38.6.